The lowest BCUT2D eigenvalue weighted by Crippen LogP contribution is -2.46. The van der Waals surface area contributed by atoms with E-state index >= 15 is 0 Å². The molecule has 0 saturated heterocycles. The SMILES string of the molecule is CC(C)(C)C(=O)NC(CO)C(O)c1ccc(N)cc1. The Bertz CT molecular complexity index is 423. The number of nitrogen functional groups attached to an aromatic ring is 1. The summed E-state index contributed by atoms with van der Waals surface area (Å²) in [5.41, 5.74) is 6.19. The van der Waals surface area contributed by atoms with Gasteiger partial charge in [-0.25, -0.2) is 0 Å². The van der Waals surface area contributed by atoms with Crippen molar-refractivity contribution in [3.63, 3.8) is 0 Å². The minimum atomic E-state index is -0.975. The first-order chi connectivity index (χ1) is 8.75. The Kier molecular flexibility index (Phi) is 4.91. The number of anilines is 1. The van der Waals surface area contributed by atoms with Crippen molar-refractivity contribution in [1.29, 1.82) is 0 Å². The fraction of sp³-hybridized carbons (Fsp3) is 0.500. The Morgan fingerprint density at radius 1 is 1.32 bits per heavy atom. The molecule has 0 aromatic heterocycles. The number of nitrogens with two attached hydrogens (primary N) is 1. The lowest BCUT2D eigenvalue weighted by molar-refractivity contribution is -0.130. The van der Waals surface area contributed by atoms with E-state index in [-0.39, 0.29) is 12.5 Å². The number of rotatable bonds is 4. The molecular formula is C14H22N2O3. The molecule has 106 valence electrons. The number of hydrogen-bond acceptors (Lipinski definition) is 4. The maximum Gasteiger partial charge on any atom is 0.225 e. The molecule has 5 N–H and O–H groups in total. The average Bonchev–Trinajstić information content (AvgIpc) is 2.34. The highest BCUT2D eigenvalue weighted by atomic mass is 16.3. The second-order valence-corrected chi connectivity index (χ2v) is 5.62. The molecular weight excluding hydrogens is 244 g/mol. The van der Waals surface area contributed by atoms with Gasteiger partial charge in [0, 0.05) is 11.1 Å². The molecule has 5 nitrogen and oxygen atoms in total. The van der Waals surface area contributed by atoms with Crippen LogP contribution in [0, 0.1) is 5.41 Å². The van der Waals surface area contributed by atoms with Gasteiger partial charge in [-0.1, -0.05) is 32.9 Å². The van der Waals surface area contributed by atoms with Crippen molar-refractivity contribution >= 4 is 11.6 Å². The van der Waals surface area contributed by atoms with Crippen molar-refractivity contribution in [1.82, 2.24) is 5.32 Å². The number of hydrogen-bond donors (Lipinski definition) is 4. The van der Waals surface area contributed by atoms with Crippen LogP contribution in [0.25, 0.3) is 0 Å². The number of carbonyl (C=O) groups excluding carboxylic acids is 1. The quantitative estimate of drug-likeness (QED) is 0.607. The molecule has 0 spiro atoms. The summed E-state index contributed by atoms with van der Waals surface area (Å²) in [6.07, 6.45) is -0.975. The standard InChI is InChI=1S/C14H22N2O3/c1-14(2,3)13(19)16-11(8-17)12(18)9-4-6-10(15)7-5-9/h4-7,11-12,17-18H,8,15H2,1-3H3,(H,16,19). The second-order valence-electron chi connectivity index (χ2n) is 5.62. The van der Waals surface area contributed by atoms with Crippen LogP contribution >= 0.6 is 0 Å². The first kappa shape index (κ1) is 15.5. The number of benzene rings is 1. The molecule has 0 bridgehead atoms. The summed E-state index contributed by atoms with van der Waals surface area (Å²) in [6.45, 7) is 4.97. The van der Waals surface area contributed by atoms with Crippen LogP contribution in [0.3, 0.4) is 0 Å². The lowest BCUT2D eigenvalue weighted by atomic mass is 9.94. The van der Waals surface area contributed by atoms with Crippen molar-refractivity contribution in [2.24, 2.45) is 5.41 Å². The van der Waals surface area contributed by atoms with Crippen molar-refractivity contribution in [3.8, 4) is 0 Å². The molecule has 0 heterocycles. The monoisotopic (exact) mass is 266 g/mol. The van der Waals surface area contributed by atoms with Gasteiger partial charge >= 0.3 is 0 Å². The molecule has 2 atom stereocenters. The zero-order chi connectivity index (χ0) is 14.6. The largest absolute Gasteiger partial charge is 0.399 e. The highest BCUT2D eigenvalue weighted by Crippen LogP contribution is 2.20. The van der Waals surface area contributed by atoms with Gasteiger partial charge in [0.1, 0.15) is 6.10 Å². The van der Waals surface area contributed by atoms with Gasteiger partial charge in [0.05, 0.1) is 12.6 Å². The fourth-order valence-electron chi connectivity index (χ4n) is 1.53. The van der Waals surface area contributed by atoms with E-state index in [1.165, 1.54) is 0 Å². The Morgan fingerprint density at radius 2 is 1.84 bits per heavy atom. The van der Waals surface area contributed by atoms with Crippen LogP contribution in [-0.2, 0) is 4.79 Å². The van der Waals surface area contributed by atoms with E-state index in [9.17, 15) is 15.0 Å². The lowest BCUT2D eigenvalue weighted by Gasteiger charge is -2.26. The highest BCUT2D eigenvalue weighted by molar-refractivity contribution is 5.81. The van der Waals surface area contributed by atoms with Gasteiger partial charge in [0.25, 0.3) is 0 Å². The summed E-state index contributed by atoms with van der Waals surface area (Å²) in [6, 6.07) is 5.94. The van der Waals surface area contributed by atoms with Gasteiger partial charge in [-0.05, 0) is 17.7 Å². The molecule has 5 heteroatoms. The van der Waals surface area contributed by atoms with Crippen molar-refractivity contribution in [3.05, 3.63) is 29.8 Å². The van der Waals surface area contributed by atoms with Gasteiger partial charge < -0.3 is 21.3 Å². The average molecular weight is 266 g/mol. The number of aliphatic hydroxyl groups excluding tert-OH is 2. The summed E-state index contributed by atoms with van der Waals surface area (Å²) in [4.78, 5) is 11.9. The Morgan fingerprint density at radius 3 is 2.26 bits per heavy atom. The summed E-state index contributed by atoms with van der Waals surface area (Å²) in [5, 5.41) is 22.1. The van der Waals surface area contributed by atoms with Gasteiger partial charge in [-0.2, -0.15) is 0 Å². The molecule has 2 unspecified atom stereocenters. The maximum absolute atomic E-state index is 11.9. The van der Waals surface area contributed by atoms with E-state index in [1.807, 2.05) is 0 Å². The van der Waals surface area contributed by atoms with Crippen LogP contribution in [0.5, 0.6) is 0 Å². The zero-order valence-corrected chi connectivity index (χ0v) is 11.6. The molecule has 0 fully saturated rings. The summed E-state index contributed by atoms with van der Waals surface area (Å²) in [5.74, 6) is -0.221. The van der Waals surface area contributed by atoms with Crippen LogP contribution in [0.15, 0.2) is 24.3 Å². The third-order valence-corrected chi connectivity index (χ3v) is 2.85. The topological polar surface area (TPSA) is 95.6 Å². The second kappa shape index (κ2) is 6.04. The third-order valence-electron chi connectivity index (χ3n) is 2.85. The summed E-state index contributed by atoms with van der Waals surface area (Å²) >= 11 is 0. The molecule has 1 amide bonds. The van der Waals surface area contributed by atoms with Crippen LogP contribution in [0.1, 0.15) is 32.4 Å². The molecule has 19 heavy (non-hydrogen) atoms. The number of carbonyl (C=O) groups is 1. The predicted molar refractivity (Wildman–Crippen MR) is 74.3 cm³/mol. The van der Waals surface area contributed by atoms with Crippen LogP contribution < -0.4 is 11.1 Å². The van der Waals surface area contributed by atoms with E-state index in [2.05, 4.69) is 5.32 Å². The molecule has 1 aromatic carbocycles. The molecule has 0 aliphatic heterocycles. The minimum Gasteiger partial charge on any atom is -0.399 e. The van der Waals surface area contributed by atoms with Crippen molar-refractivity contribution in [2.45, 2.75) is 32.9 Å². The molecule has 0 aliphatic carbocycles. The van der Waals surface area contributed by atoms with Crippen LogP contribution in [-0.4, -0.2) is 28.8 Å². The smallest absolute Gasteiger partial charge is 0.225 e. The predicted octanol–water partition coefficient (Wildman–Crippen LogP) is 0.825. The highest BCUT2D eigenvalue weighted by Gasteiger charge is 2.27. The number of aliphatic hydroxyl groups is 2. The van der Waals surface area contributed by atoms with Crippen molar-refractivity contribution < 1.29 is 15.0 Å². The first-order valence-electron chi connectivity index (χ1n) is 6.21. The van der Waals surface area contributed by atoms with Gasteiger partial charge in [0.15, 0.2) is 0 Å². The number of amides is 1. The Hall–Kier alpha value is -1.59. The number of nitrogens with one attached hydrogen (secondary N) is 1. The molecule has 1 rings (SSSR count). The van der Waals surface area contributed by atoms with Gasteiger partial charge in [-0.3, -0.25) is 4.79 Å². The van der Waals surface area contributed by atoms with E-state index in [0.717, 1.165) is 0 Å². The molecule has 0 radical (unpaired) electrons. The molecule has 0 saturated carbocycles. The van der Waals surface area contributed by atoms with E-state index in [0.29, 0.717) is 11.3 Å². The van der Waals surface area contributed by atoms with Crippen LogP contribution in [0.2, 0.25) is 0 Å². The van der Waals surface area contributed by atoms with E-state index in [1.54, 1.807) is 45.0 Å². The maximum atomic E-state index is 11.9. The van der Waals surface area contributed by atoms with E-state index < -0.39 is 17.6 Å². The fourth-order valence-corrected chi connectivity index (χ4v) is 1.53. The summed E-state index contributed by atoms with van der Waals surface area (Å²) in [7, 11) is 0. The Balaban J connectivity index is 2.80. The first-order valence-corrected chi connectivity index (χ1v) is 6.21. The minimum absolute atomic E-state index is 0.221. The van der Waals surface area contributed by atoms with E-state index in [4.69, 9.17) is 5.73 Å². The van der Waals surface area contributed by atoms with Gasteiger partial charge in [-0.15, -0.1) is 0 Å². The zero-order valence-electron chi connectivity index (χ0n) is 11.6. The van der Waals surface area contributed by atoms with Gasteiger partial charge in [0.2, 0.25) is 5.91 Å². The normalized spacial score (nSPS) is 14.8. The third kappa shape index (κ3) is 4.22. The molecule has 1 aromatic rings. The van der Waals surface area contributed by atoms with Crippen molar-refractivity contribution in [2.75, 3.05) is 12.3 Å². The summed E-state index contributed by atoms with van der Waals surface area (Å²) < 4.78 is 0. The molecule has 0 aliphatic rings. The van der Waals surface area contributed by atoms with Crippen LogP contribution in [0.4, 0.5) is 5.69 Å². The Labute approximate surface area is 113 Å².